The van der Waals surface area contributed by atoms with Crippen molar-refractivity contribution >= 4 is 74.4 Å². The van der Waals surface area contributed by atoms with Crippen molar-refractivity contribution < 1.29 is 0 Å². The van der Waals surface area contributed by atoms with Gasteiger partial charge in [0.05, 0.1) is 20.8 Å². The van der Waals surface area contributed by atoms with Crippen LogP contribution in [-0.4, -0.2) is 7.05 Å². The molecule has 0 saturated heterocycles. The van der Waals surface area contributed by atoms with Crippen molar-refractivity contribution in [3.63, 3.8) is 0 Å². The quantitative estimate of drug-likeness (QED) is 0.286. The lowest BCUT2D eigenvalue weighted by Gasteiger charge is -2.21. The smallest absolute Gasteiger partial charge is 0.0592 e. The fraction of sp³-hybridized carbons (Fsp3) is 0.0400. The van der Waals surface area contributed by atoms with Crippen molar-refractivity contribution in [2.45, 2.75) is 0 Å². The molecule has 4 aromatic carbocycles. The standard InChI is InChI=1S/C25H17NS2/c1-26(20-12-6-10-18-16-8-2-4-14-22(16)27-24(18)20)21-13-7-11-19-17-9-3-5-15-23(17)28-25(19)21/h2-15H,1H3. The molecular weight excluding hydrogens is 378 g/mol. The molecule has 0 bridgehead atoms. The van der Waals surface area contributed by atoms with Crippen LogP contribution in [0.25, 0.3) is 40.3 Å². The number of benzene rings is 4. The molecule has 0 N–H and O–H groups in total. The van der Waals surface area contributed by atoms with Gasteiger partial charge in [0, 0.05) is 38.0 Å². The molecule has 0 atom stereocenters. The molecule has 28 heavy (non-hydrogen) atoms. The molecule has 6 rings (SSSR count). The van der Waals surface area contributed by atoms with Crippen LogP contribution < -0.4 is 4.90 Å². The van der Waals surface area contributed by atoms with Gasteiger partial charge in [-0.25, -0.2) is 0 Å². The summed E-state index contributed by atoms with van der Waals surface area (Å²) in [7, 11) is 2.19. The average Bonchev–Trinajstić information content (AvgIpc) is 3.31. The monoisotopic (exact) mass is 395 g/mol. The molecule has 0 radical (unpaired) electrons. The molecule has 0 amide bonds. The lowest BCUT2D eigenvalue weighted by Crippen LogP contribution is -2.09. The normalized spacial score (nSPS) is 11.8. The third-order valence-electron chi connectivity index (χ3n) is 5.49. The first-order valence-electron chi connectivity index (χ1n) is 9.35. The molecular formula is C25H17NS2. The predicted octanol–water partition coefficient (Wildman–Crippen LogP) is 8.19. The summed E-state index contributed by atoms with van der Waals surface area (Å²) in [6.45, 7) is 0. The molecule has 0 unspecified atom stereocenters. The Bertz CT molecular complexity index is 1370. The van der Waals surface area contributed by atoms with E-state index in [1.54, 1.807) is 0 Å². The zero-order valence-corrected chi connectivity index (χ0v) is 17.0. The fourth-order valence-corrected chi connectivity index (χ4v) is 6.63. The third kappa shape index (κ3) is 2.24. The van der Waals surface area contributed by atoms with Gasteiger partial charge in [0.15, 0.2) is 0 Å². The van der Waals surface area contributed by atoms with Gasteiger partial charge in [-0.3, -0.25) is 0 Å². The lowest BCUT2D eigenvalue weighted by molar-refractivity contribution is 1.24. The third-order valence-corrected chi connectivity index (χ3v) is 7.91. The van der Waals surface area contributed by atoms with Crippen molar-refractivity contribution in [1.82, 2.24) is 0 Å². The van der Waals surface area contributed by atoms with Crippen molar-refractivity contribution in [2.24, 2.45) is 0 Å². The van der Waals surface area contributed by atoms with Gasteiger partial charge in [0.25, 0.3) is 0 Å². The van der Waals surface area contributed by atoms with Gasteiger partial charge in [0.1, 0.15) is 0 Å². The molecule has 0 saturated carbocycles. The first-order chi connectivity index (χ1) is 13.8. The molecule has 0 spiro atoms. The Morgan fingerprint density at radius 1 is 0.500 bits per heavy atom. The van der Waals surface area contributed by atoms with E-state index in [0.29, 0.717) is 0 Å². The van der Waals surface area contributed by atoms with Gasteiger partial charge < -0.3 is 4.90 Å². The van der Waals surface area contributed by atoms with Crippen LogP contribution in [0, 0.1) is 0 Å². The van der Waals surface area contributed by atoms with Crippen LogP contribution in [0.2, 0.25) is 0 Å². The predicted molar refractivity (Wildman–Crippen MR) is 127 cm³/mol. The highest BCUT2D eigenvalue weighted by Crippen LogP contribution is 2.44. The molecule has 134 valence electrons. The molecule has 2 heterocycles. The first kappa shape index (κ1) is 16.1. The summed E-state index contributed by atoms with van der Waals surface area (Å²) in [5.74, 6) is 0. The first-order valence-corrected chi connectivity index (χ1v) is 11.0. The van der Waals surface area contributed by atoms with E-state index in [2.05, 4.69) is 96.9 Å². The van der Waals surface area contributed by atoms with E-state index in [9.17, 15) is 0 Å². The van der Waals surface area contributed by atoms with Crippen molar-refractivity contribution in [2.75, 3.05) is 11.9 Å². The van der Waals surface area contributed by atoms with Crippen molar-refractivity contribution in [3.8, 4) is 0 Å². The van der Waals surface area contributed by atoms with Crippen LogP contribution in [0.4, 0.5) is 11.4 Å². The Morgan fingerprint density at radius 2 is 0.929 bits per heavy atom. The average molecular weight is 396 g/mol. The second-order valence-corrected chi connectivity index (χ2v) is 9.17. The highest BCUT2D eigenvalue weighted by Gasteiger charge is 2.16. The Morgan fingerprint density at radius 3 is 1.43 bits per heavy atom. The maximum atomic E-state index is 2.36. The topological polar surface area (TPSA) is 3.24 Å². The summed E-state index contributed by atoms with van der Waals surface area (Å²) < 4.78 is 5.39. The maximum absolute atomic E-state index is 2.36. The van der Waals surface area contributed by atoms with E-state index in [-0.39, 0.29) is 0 Å². The Hall–Kier alpha value is -2.88. The lowest BCUT2D eigenvalue weighted by atomic mass is 10.1. The zero-order chi connectivity index (χ0) is 18.7. The summed E-state index contributed by atoms with van der Waals surface area (Å²) in [5, 5.41) is 5.37. The molecule has 0 aliphatic rings. The molecule has 6 aromatic rings. The molecule has 0 aliphatic heterocycles. The summed E-state index contributed by atoms with van der Waals surface area (Å²) in [6, 6.07) is 30.7. The number of thiophene rings is 2. The van der Waals surface area contributed by atoms with Gasteiger partial charge >= 0.3 is 0 Å². The largest absolute Gasteiger partial charge is 0.342 e. The summed E-state index contributed by atoms with van der Waals surface area (Å²) in [6.07, 6.45) is 0. The van der Waals surface area contributed by atoms with E-state index >= 15 is 0 Å². The Labute approximate surface area is 171 Å². The maximum Gasteiger partial charge on any atom is 0.0592 e. The number of hydrogen-bond acceptors (Lipinski definition) is 3. The van der Waals surface area contributed by atoms with E-state index < -0.39 is 0 Å². The van der Waals surface area contributed by atoms with Gasteiger partial charge in [-0.1, -0.05) is 60.7 Å². The second-order valence-electron chi connectivity index (χ2n) is 7.06. The number of anilines is 2. The summed E-state index contributed by atoms with van der Waals surface area (Å²) in [4.78, 5) is 2.36. The minimum atomic E-state index is 1.27. The Balaban J connectivity index is 1.62. The zero-order valence-electron chi connectivity index (χ0n) is 15.3. The van der Waals surface area contributed by atoms with Gasteiger partial charge in [-0.05, 0) is 24.3 Å². The summed E-state index contributed by atoms with van der Waals surface area (Å²) in [5.41, 5.74) is 2.53. The highest BCUT2D eigenvalue weighted by atomic mass is 32.1. The number of rotatable bonds is 2. The fourth-order valence-electron chi connectivity index (χ4n) is 4.12. The molecule has 0 aliphatic carbocycles. The van der Waals surface area contributed by atoms with Gasteiger partial charge in [-0.2, -0.15) is 0 Å². The van der Waals surface area contributed by atoms with E-state index in [1.807, 2.05) is 22.7 Å². The van der Waals surface area contributed by atoms with E-state index in [4.69, 9.17) is 0 Å². The number of nitrogens with zero attached hydrogens (tertiary/aromatic N) is 1. The van der Waals surface area contributed by atoms with Gasteiger partial charge in [-0.15, -0.1) is 22.7 Å². The van der Waals surface area contributed by atoms with Gasteiger partial charge in [0.2, 0.25) is 0 Å². The van der Waals surface area contributed by atoms with Crippen LogP contribution in [0.1, 0.15) is 0 Å². The number of fused-ring (bicyclic) bond motifs is 6. The van der Waals surface area contributed by atoms with E-state index in [1.165, 1.54) is 51.7 Å². The van der Waals surface area contributed by atoms with Crippen molar-refractivity contribution in [3.05, 3.63) is 84.9 Å². The molecule has 3 heteroatoms. The van der Waals surface area contributed by atoms with Crippen LogP contribution in [0.5, 0.6) is 0 Å². The van der Waals surface area contributed by atoms with Crippen molar-refractivity contribution in [1.29, 1.82) is 0 Å². The van der Waals surface area contributed by atoms with Crippen LogP contribution >= 0.6 is 22.7 Å². The highest BCUT2D eigenvalue weighted by molar-refractivity contribution is 7.27. The Kier molecular flexibility index (Phi) is 3.49. The minimum absolute atomic E-state index is 1.27. The van der Waals surface area contributed by atoms with Crippen LogP contribution in [0.3, 0.4) is 0 Å². The minimum Gasteiger partial charge on any atom is -0.342 e. The van der Waals surface area contributed by atoms with Crippen LogP contribution in [0.15, 0.2) is 84.9 Å². The number of hydrogen-bond donors (Lipinski definition) is 0. The van der Waals surface area contributed by atoms with Crippen LogP contribution in [-0.2, 0) is 0 Å². The van der Waals surface area contributed by atoms with E-state index in [0.717, 1.165) is 0 Å². The molecule has 0 fully saturated rings. The summed E-state index contributed by atoms with van der Waals surface area (Å²) >= 11 is 3.77. The molecule has 1 nitrogen and oxygen atoms in total. The SMILES string of the molecule is CN(c1cccc2c1sc1ccccc12)c1cccc2c1sc1ccccc12. The molecule has 2 aromatic heterocycles. The second kappa shape index (κ2) is 6.06.